The van der Waals surface area contributed by atoms with Crippen molar-refractivity contribution in [3.8, 4) is 11.1 Å². The number of nitrogens with zero attached hydrogens (tertiary/aromatic N) is 1. The van der Waals surface area contributed by atoms with Gasteiger partial charge in [0.15, 0.2) is 0 Å². The van der Waals surface area contributed by atoms with Crippen molar-refractivity contribution in [1.29, 1.82) is 0 Å². The summed E-state index contributed by atoms with van der Waals surface area (Å²) in [6, 6.07) is 51.5. The van der Waals surface area contributed by atoms with Crippen molar-refractivity contribution in [3.05, 3.63) is 162 Å². The van der Waals surface area contributed by atoms with Crippen molar-refractivity contribution in [2.75, 3.05) is 0 Å². The predicted molar refractivity (Wildman–Crippen MR) is 179 cm³/mol. The lowest BCUT2D eigenvalue weighted by Crippen LogP contribution is -1.93. The Balaban J connectivity index is 0.000000164. The van der Waals surface area contributed by atoms with Crippen molar-refractivity contribution in [2.45, 2.75) is 20.8 Å². The zero-order valence-electron chi connectivity index (χ0n) is 23.8. The number of hydrogen-bond acceptors (Lipinski definition) is 1. The Kier molecular flexibility index (Phi) is 7.43. The van der Waals surface area contributed by atoms with Crippen LogP contribution in [-0.2, 0) is 0 Å². The predicted octanol–water partition coefficient (Wildman–Crippen LogP) is 11.3. The summed E-state index contributed by atoms with van der Waals surface area (Å²) in [6.07, 6.45) is 0. The molecule has 0 aliphatic rings. The molecule has 7 aromatic carbocycles. The van der Waals surface area contributed by atoms with Crippen LogP contribution in [0.15, 0.2) is 151 Å². The second-order valence-electron chi connectivity index (χ2n) is 10.6. The normalized spacial score (nSPS) is 11.4. The summed E-state index contributed by atoms with van der Waals surface area (Å²) in [6.45, 7) is 6.26. The number of para-hydroxylation sites is 1. The topological polar surface area (TPSA) is 12.4 Å². The third-order valence-corrected chi connectivity index (χ3v) is 7.71. The number of rotatable bonds is 3. The number of hydrogen-bond donors (Lipinski definition) is 0. The molecule has 0 heterocycles. The molecule has 0 N–H and O–H groups in total. The Morgan fingerprint density at radius 1 is 0.512 bits per heavy atom. The van der Waals surface area contributed by atoms with E-state index in [2.05, 4.69) is 128 Å². The van der Waals surface area contributed by atoms with Gasteiger partial charge in [-0.05, 0) is 87.5 Å². The highest BCUT2D eigenvalue weighted by atomic mass is 14.7. The molecule has 0 saturated carbocycles. The maximum atomic E-state index is 4.65. The second-order valence-corrected chi connectivity index (χ2v) is 10.6. The van der Waals surface area contributed by atoms with Gasteiger partial charge >= 0.3 is 0 Å². The highest BCUT2D eigenvalue weighted by Gasteiger charge is 2.10. The first-order valence-electron chi connectivity index (χ1n) is 14.1. The van der Waals surface area contributed by atoms with Crippen molar-refractivity contribution in [1.82, 2.24) is 0 Å². The monoisotopic (exact) mass is 527 g/mol. The lowest BCUT2D eigenvalue weighted by atomic mass is 9.90. The van der Waals surface area contributed by atoms with Crippen molar-refractivity contribution in [3.63, 3.8) is 0 Å². The van der Waals surface area contributed by atoms with Crippen LogP contribution in [0.2, 0.25) is 0 Å². The molecule has 198 valence electrons. The summed E-state index contributed by atoms with van der Waals surface area (Å²) < 4.78 is 0. The van der Waals surface area contributed by atoms with Gasteiger partial charge in [-0.1, -0.05) is 139 Å². The molecule has 1 heteroatoms. The fourth-order valence-electron chi connectivity index (χ4n) is 5.46. The number of aryl methyl sites for hydroxylation is 2. The quantitative estimate of drug-likeness (QED) is 0.160. The van der Waals surface area contributed by atoms with Crippen LogP contribution in [0.25, 0.3) is 43.4 Å². The SMILES string of the molecule is CC(=Nc1ccccc1C)c1ccccc1.Cc1ccc(-c2cc3ccc4ccccc4c3c3ccccc23)cc1. The van der Waals surface area contributed by atoms with Crippen LogP contribution in [0.4, 0.5) is 5.69 Å². The van der Waals surface area contributed by atoms with Crippen LogP contribution in [0.3, 0.4) is 0 Å². The Labute approximate surface area is 242 Å². The molecule has 0 spiro atoms. The van der Waals surface area contributed by atoms with Gasteiger partial charge in [0.1, 0.15) is 0 Å². The highest BCUT2D eigenvalue weighted by Crippen LogP contribution is 2.38. The third kappa shape index (κ3) is 5.53. The Bertz CT molecular complexity index is 2000. The molecule has 0 atom stereocenters. The maximum Gasteiger partial charge on any atom is 0.0662 e. The molecule has 0 aromatic heterocycles. The Hall–Kier alpha value is -5.01. The molecule has 7 rings (SSSR count). The van der Waals surface area contributed by atoms with Gasteiger partial charge < -0.3 is 0 Å². The molecular formula is C40H33N. The van der Waals surface area contributed by atoms with Gasteiger partial charge in [0.25, 0.3) is 0 Å². The highest BCUT2D eigenvalue weighted by molar-refractivity contribution is 6.23. The molecule has 0 radical (unpaired) electrons. The van der Waals surface area contributed by atoms with Gasteiger partial charge in [-0.2, -0.15) is 0 Å². The van der Waals surface area contributed by atoms with E-state index in [0.29, 0.717) is 0 Å². The van der Waals surface area contributed by atoms with Gasteiger partial charge in [0.05, 0.1) is 5.69 Å². The van der Waals surface area contributed by atoms with Crippen LogP contribution in [0.5, 0.6) is 0 Å². The van der Waals surface area contributed by atoms with E-state index in [1.165, 1.54) is 60.1 Å². The average Bonchev–Trinajstić information content (AvgIpc) is 3.02. The molecule has 41 heavy (non-hydrogen) atoms. The fourth-order valence-corrected chi connectivity index (χ4v) is 5.46. The van der Waals surface area contributed by atoms with Crippen LogP contribution >= 0.6 is 0 Å². The zero-order valence-corrected chi connectivity index (χ0v) is 23.8. The van der Waals surface area contributed by atoms with Crippen LogP contribution in [0, 0.1) is 13.8 Å². The molecule has 0 aliphatic carbocycles. The van der Waals surface area contributed by atoms with Gasteiger partial charge in [0.2, 0.25) is 0 Å². The molecule has 0 saturated heterocycles. The number of benzene rings is 7. The van der Waals surface area contributed by atoms with E-state index in [1.54, 1.807) is 0 Å². The summed E-state index contributed by atoms with van der Waals surface area (Å²) >= 11 is 0. The smallest absolute Gasteiger partial charge is 0.0662 e. The number of fused-ring (bicyclic) bond motifs is 5. The van der Waals surface area contributed by atoms with E-state index in [1.807, 2.05) is 43.3 Å². The minimum absolute atomic E-state index is 1.05. The van der Waals surface area contributed by atoms with Crippen LogP contribution in [0.1, 0.15) is 23.6 Å². The summed E-state index contributed by atoms with van der Waals surface area (Å²) in [5.74, 6) is 0. The summed E-state index contributed by atoms with van der Waals surface area (Å²) in [4.78, 5) is 4.65. The van der Waals surface area contributed by atoms with E-state index in [9.17, 15) is 0 Å². The lowest BCUT2D eigenvalue weighted by Gasteiger charge is -2.13. The number of aliphatic imine (C=N–C) groups is 1. The van der Waals surface area contributed by atoms with E-state index in [4.69, 9.17) is 0 Å². The summed E-state index contributed by atoms with van der Waals surface area (Å²) in [7, 11) is 0. The Morgan fingerprint density at radius 3 is 1.88 bits per heavy atom. The molecule has 0 bridgehead atoms. The standard InChI is InChI=1S/C25H18.C15H15N/c1-17-10-12-19(13-11-17)24-16-20-15-14-18-6-2-3-7-21(18)25(20)23-9-5-4-8-22(23)24;1-12-8-6-7-11-15(12)16-13(2)14-9-4-3-5-10-14/h2-16H,1H3;3-11H,1-2H3. The molecule has 0 aliphatic heterocycles. The average molecular weight is 528 g/mol. The van der Waals surface area contributed by atoms with Crippen LogP contribution in [-0.4, -0.2) is 5.71 Å². The first-order chi connectivity index (χ1) is 20.1. The van der Waals surface area contributed by atoms with Gasteiger partial charge in [-0.15, -0.1) is 0 Å². The van der Waals surface area contributed by atoms with Gasteiger partial charge in [0, 0.05) is 5.71 Å². The summed E-state index contributed by atoms with van der Waals surface area (Å²) in [5, 5.41) is 7.91. The zero-order chi connectivity index (χ0) is 28.2. The lowest BCUT2D eigenvalue weighted by molar-refractivity contribution is 1.38. The van der Waals surface area contributed by atoms with Crippen molar-refractivity contribution in [2.24, 2.45) is 4.99 Å². The molecular weight excluding hydrogens is 494 g/mol. The molecule has 0 amide bonds. The van der Waals surface area contributed by atoms with Gasteiger partial charge in [-0.3, -0.25) is 4.99 Å². The van der Waals surface area contributed by atoms with Crippen molar-refractivity contribution < 1.29 is 0 Å². The largest absolute Gasteiger partial charge is 0.253 e. The van der Waals surface area contributed by atoms with E-state index in [-0.39, 0.29) is 0 Å². The Morgan fingerprint density at radius 2 is 1.12 bits per heavy atom. The van der Waals surface area contributed by atoms with Crippen LogP contribution < -0.4 is 0 Å². The maximum absolute atomic E-state index is 4.65. The van der Waals surface area contributed by atoms with E-state index < -0.39 is 0 Å². The molecule has 7 aromatic rings. The minimum atomic E-state index is 1.05. The van der Waals surface area contributed by atoms with E-state index in [0.717, 1.165) is 11.4 Å². The first kappa shape index (κ1) is 26.2. The molecule has 0 fully saturated rings. The minimum Gasteiger partial charge on any atom is -0.253 e. The third-order valence-electron chi connectivity index (χ3n) is 7.71. The van der Waals surface area contributed by atoms with E-state index >= 15 is 0 Å². The first-order valence-corrected chi connectivity index (χ1v) is 14.1. The second kappa shape index (κ2) is 11.6. The molecule has 1 nitrogen and oxygen atoms in total. The molecule has 0 unspecified atom stereocenters. The van der Waals surface area contributed by atoms with Crippen molar-refractivity contribution >= 4 is 43.7 Å². The summed E-state index contributed by atoms with van der Waals surface area (Å²) in [5.41, 5.74) is 8.34. The van der Waals surface area contributed by atoms with Gasteiger partial charge in [-0.25, -0.2) is 0 Å². The fraction of sp³-hybridized carbons (Fsp3) is 0.0750.